The minimum Gasteiger partial charge on any atom is -0.353 e. The van der Waals surface area contributed by atoms with Crippen LogP contribution >= 0.6 is 11.3 Å². The third-order valence-electron chi connectivity index (χ3n) is 3.52. The van der Waals surface area contributed by atoms with Gasteiger partial charge >= 0.3 is 0 Å². The predicted molar refractivity (Wildman–Crippen MR) is 79.8 cm³/mol. The topological polar surface area (TPSA) is 49.3 Å². The SMILES string of the molecule is CC(=O)N1CCN(c2cc(-c3ccsc3)ncn2)CC1. The van der Waals surface area contributed by atoms with Gasteiger partial charge in [0.25, 0.3) is 0 Å². The van der Waals surface area contributed by atoms with Crippen LogP contribution in [0.15, 0.2) is 29.2 Å². The lowest BCUT2D eigenvalue weighted by Crippen LogP contribution is -2.48. The minimum atomic E-state index is 0.145. The van der Waals surface area contributed by atoms with Gasteiger partial charge in [0, 0.05) is 50.1 Å². The number of anilines is 1. The molecule has 1 aliphatic rings. The molecular weight excluding hydrogens is 272 g/mol. The van der Waals surface area contributed by atoms with Crippen LogP contribution in [0.25, 0.3) is 11.3 Å². The highest BCUT2D eigenvalue weighted by atomic mass is 32.1. The molecule has 0 unspecified atom stereocenters. The molecule has 1 amide bonds. The van der Waals surface area contributed by atoms with Crippen LogP contribution in [0.4, 0.5) is 5.82 Å². The lowest BCUT2D eigenvalue weighted by molar-refractivity contribution is -0.129. The lowest BCUT2D eigenvalue weighted by atomic mass is 10.2. The van der Waals surface area contributed by atoms with E-state index in [4.69, 9.17) is 0 Å². The minimum absolute atomic E-state index is 0.145. The molecule has 2 aromatic rings. The summed E-state index contributed by atoms with van der Waals surface area (Å²) in [5.74, 6) is 1.08. The summed E-state index contributed by atoms with van der Waals surface area (Å²) in [7, 11) is 0. The first-order chi connectivity index (χ1) is 9.74. The molecule has 20 heavy (non-hydrogen) atoms. The van der Waals surface area contributed by atoms with Crippen molar-refractivity contribution in [3.8, 4) is 11.3 Å². The smallest absolute Gasteiger partial charge is 0.219 e. The van der Waals surface area contributed by atoms with E-state index in [1.165, 1.54) is 0 Å². The number of carbonyl (C=O) groups is 1. The van der Waals surface area contributed by atoms with Crippen molar-refractivity contribution in [2.75, 3.05) is 31.1 Å². The van der Waals surface area contributed by atoms with Gasteiger partial charge in [-0.1, -0.05) is 0 Å². The first kappa shape index (κ1) is 13.1. The molecule has 0 aliphatic carbocycles. The predicted octanol–water partition coefficient (Wildman–Crippen LogP) is 1.87. The van der Waals surface area contributed by atoms with Crippen LogP contribution in [-0.2, 0) is 4.79 Å². The van der Waals surface area contributed by atoms with Gasteiger partial charge in [-0.05, 0) is 11.4 Å². The van der Waals surface area contributed by atoms with Crippen molar-refractivity contribution >= 4 is 23.1 Å². The third-order valence-corrected chi connectivity index (χ3v) is 4.20. The first-order valence-electron chi connectivity index (χ1n) is 6.59. The molecule has 0 aromatic carbocycles. The van der Waals surface area contributed by atoms with Gasteiger partial charge in [-0.15, -0.1) is 0 Å². The fourth-order valence-electron chi connectivity index (χ4n) is 2.34. The number of nitrogens with zero attached hydrogens (tertiary/aromatic N) is 4. The van der Waals surface area contributed by atoms with E-state index in [9.17, 15) is 4.79 Å². The number of carbonyl (C=O) groups excluding carboxylic acids is 1. The Hall–Kier alpha value is -1.95. The van der Waals surface area contributed by atoms with Gasteiger partial charge < -0.3 is 9.80 Å². The zero-order chi connectivity index (χ0) is 13.9. The largest absolute Gasteiger partial charge is 0.353 e. The Kier molecular flexibility index (Phi) is 3.64. The maximum atomic E-state index is 11.3. The molecule has 2 aromatic heterocycles. The highest BCUT2D eigenvalue weighted by molar-refractivity contribution is 7.08. The Morgan fingerprint density at radius 3 is 2.70 bits per heavy atom. The summed E-state index contributed by atoms with van der Waals surface area (Å²) in [5, 5.41) is 4.13. The molecule has 1 fully saturated rings. The summed E-state index contributed by atoms with van der Waals surface area (Å²) in [6.07, 6.45) is 1.61. The van der Waals surface area contributed by atoms with Crippen LogP contribution < -0.4 is 4.90 Å². The normalized spacial score (nSPS) is 15.4. The third kappa shape index (κ3) is 2.65. The van der Waals surface area contributed by atoms with Gasteiger partial charge in [0.05, 0.1) is 5.69 Å². The van der Waals surface area contributed by atoms with Crippen molar-refractivity contribution in [3.63, 3.8) is 0 Å². The van der Waals surface area contributed by atoms with E-state index in [0.717, 1.165) is 43.3 Å². The average Bonchev–Trinajstić information content (AvgIpc) is 3.02. The molecule has 6 heteroatoms. The molecule has 1 saturated heterocycles. The highest BCUT2D eigenvalue weighted by Crippen LogP contribution is 2.23. The van der Waals surface area contributed by atoms with E-state index in [1.54, 1.807) is 24.6 Å². The van der Waals surface area contributed by atoms with Crippen LogP contribution in [0.1, 0.15) is 6.92 Å². The molecule has 5 nitrogen and oxygen atoms in total. The number of hydrogen-bond acceptors (Lipinski definition) is 5. The summed E-state index contributed by atoms with van der Waals surface area (Å²) in [6, 6.07) is 4.08. The summed E-state index contributed by atoms with van der Waals surface area (Å²) < 4.78 is 0. The van der Waals surface area contributed by atoms with E-state index < -0.39 is 0 Å². The Balaban J connectivity index is 1.75. The van der Waals surface area contributed by atoms with Gasteiger partial charge in [0.2, 0.25) is 5.91 Å². The molecule has 104 valence electrons. The monoisotopic (exact) mass is 288 g/mol. The van der Waals surface area contributed by atoms with E-state index >= 15 is 0 Å². The maximum absolute atomic E-state index is 11.3. The van der Waals surface area contributed by atoms with Crippen LogP contribution in [0, 0.1) is 0 Å². The quantitative estimate of drug-likeness (QED) is 0.846. The molecule has 3 rings (SSSR count). The van der Waals surface area contributed by atoms with Crippen molar-refractivity contribution in [1.29, 1.82) is 0 Å². The van der Waals surface area contributed by atoms with E-state index in [2.05, 4.69) is 26.3 Å². The molecule has 0 spiro atoms. The molecule has 0 bridgehead atoms. The molecule has 0 N–H and O–H groups in total. The number of rotatable bonds is 2. The number of thiophene rings is 1. The number of piperazine rings is 1. The van der Waals surface area contributed by atoms with Crippen molar-refractivity contribution in [2.24, 2.45) is 0 Å². The highest BCUT2D eigenvalue weighted by Gasteiger charge is 2.19. The maximum Gasteiger partial charge on any atom is 0.219 e. The Morgan fingerprint density at radius 1 is 1.25 bits per heavy atom. The Morgan fingerprint density at radius 2 is 2.05 bits per heavy atom. The second-order valence-corrected chi connectivity index (χ2v) is 5.55. The summed E-state index contributed by atoms with van der Waals surface area (Å²) in [5.41, 5.74) is 2.08. The molecule has 0 atom stereocenters. The van der Waals surface area contributed by atoms with Gasteiger partial charge in [-0.25, -0.2) is 9.97 Å². The van der Waals surface area contributed by atoms with Crippen LogP contribution in [-0.4, -0.2) is 47.0 Å². The van der Waals surface area contributed by atoms with E-state index in [0.29, 0.717) is 0 Å². The second kappa shape index (κ2) is 5.58. The Bertz CT molecular complexity index is 591. The van der Waals surface area contributed by atoms with Crippen molar-refractivity contribution in [2.45, 2.75) is 6.92 Å². The van der Waals surface area contributed by atoms with Gasteiger partial charge in [-0.3, -0.25) is 4.79 Å². The number of hydrogen-bond donors (Lipinski definition) is 0. The Labute approximate surface area is 121 Å². The first-order valence-corrected chi connectivity index (χ1v) is 7.53. The van der Waals surface area contributed by atoms with Gasteiger partial charge in [-0.2, -0.15) is 11.3 Å². The van der Waals surface area contributed by atoms with Crippen molar-refractivity contribution < 1.29 is 4.79 Å². The molecule has 3 heterocycles. The van der Waals surface area contributed by atoms with Crippen molar-refractivity contribution in [3.05, 3.63) is 29.2 Å². The van der Waals surface area contributed by atoms with Crippen LogP contribution in [0.3, 0.4) is 0 Å². The zero-order valence-electron chi connectivity index (χ0n) is 11.3. The van der Waals surface area contributed by atoms with Gasteiger partial charge in [0.1, 0.15) is 12.1 Å². The van der Waals surface area contributed by atoms with Gasteiger partial charge in [0.15, 0.2) is 0 Å². The van der Waals surface area contributed by atoms with E-state index in [1.807, 2.05) is 16.3 Å². The number of amides is 1. The lowest BCUT2D eigenvalue weighted by Gasteiger charge is -2.34. The van der Waals surface area contributed by atoms with Crippen LogP contribution in [0.2, 0.25) is 0 Å². The fraction of sp³-hybridized carbons (Fsp3) is 0.357. The second-order valence-electron chi connectivity index (χ2n) is 4.77. The summed E-state index contributed by atoms with van der Waals surface area (Å²) >= 11 is 1.66. The standard InChI is InChI=1S/C14H16N4OS/c1-11(19)17-3-5-18(6-4-17)14-8-13(15-10-16-14)12-2-7-20-9-12/h2,7-10H,3-6H2,1H3. The summed E-state index contributed by atoms with van der Waals surface area (Å²) in [4.78, 5) is 24.1. The molecule has 0 radical (unpaired) electrons. The summed E-state index contributed by atoms with van der Waals surface area (Å²) in [6.45, 7) is 4.77. The van der Waals surface area contributed by atoms with E-state index in [-0.39, 0.29) is 5.91 Å². The molecule has 1 aliphatic heterocycles. The zero-order valence-corrected chi connectivity index (χ0v) is 12.1. The molecule has 0 saturated carbocycles. The fourth-order valence-corrected chi connectivity index (χ4v) is 2.99. The average molecular weight is 288 g/mol. The molecular formula is C14H16N4OS. The van der Waals surface area contributed by atoms with Crippen molar-refractivity contribution in [1.82, 2.24) is 14.9 Å². The van der Waals surface area contributed by atoms with Crippen LogP contribution in [0.5, 0.6) is 0 Å². The number of aromatic nitrogens is 2.